The third-order valence-corrected chi connectivity index (χ3v) is 5.20. The molecule has 1 atom stereocenters. The monoisotopic (exact) mass is 436 g/mol. The lowest BCUT2D eigenvalue weighted by Gasteiger charge is -2.30. The van der Waals surface area contributed by atoms with Gasteiger partial charge in [-0.15, -0.1) is 0 Å². The summed E-state index contributed by atoms with van der Waals surface area (Å²) >= 11 is 0. The van der Waals surface area contributed by atoms with Crippen molar-refractivity contribution in [3.8, 4) is 17.7 Å². The van der Waals surface area contributed by atoms with Gasteiger partial charge in [-0.2, -0.15) is 5.26 Å². The zero-order valence-electron chi connectivity index (χ0n) is 17.7. The molecule has 0 radical (unpaired) electrons. The van der Waals surface area contributed by atoms with Gasteiger partial charge >= 0.3 is 0 Å². The number of aryl methyl sites for hydroxylation is 1. The summed E-state index contributed by atoms with van der Waals surface area (Å²) in [4.78, 5) is 13.7. The molecule has 0 spiro atoms. The zero-order chi connectivity index (χ0) is 23.3. The van der Waals surface area contributed by atoms with Crippen LogP contribution in [-0.4, -0.2) is 35.7 Å². The van der Waals surface area contributed by atoms with Crippen LogP contribution >= 0.6 is 0 Å². The molecule has 1 saturated heterocycles. The van der Waals surface area contributed by atoms with Crippen molar-refractivity contribution in [3.05, 3.63) is 70.8 Å². The second-order valence-corrected chi connectivity index (χ2v) is 7.59. The number of hydrogen-bond donors (Lipinski definition) is 4. The molecule has 0 saturated carbocycles. The number of benzene rings is 2. The Hall–Kier alpha value is -4.06. The lowest BCUT2D eigenvalue weighted by atomic mass is 10.0. The van der Waals surface area contributed by atoms with Gasteiger partial charge in [-0.1, -0.05) is 0 Å². The molecule has 0 aromatic heterocycles. The van der Waals surface area contributed by atoms with Crippen LogP contribution in [-0.2, 0) is 4.79 Å². The maximum absolute atomic E-state index is 13.4. The Labute approximate surface area is 185 Å². The molecule has 166 valence electrons. The Morgan fingerprint density at radius 2 is 1.94 bits per heavy atom. The Bertz CT molecular complexity index is 1090. The summed E-state index contributed by atoms with van der Waals surface area (Å²) in [6, 6.07) is 10.8. The minimum absolute atomic E-state index is 0.00871. The third-order valence-electron chi connectivity index (χ3n) is 5.20. The SMILES string of the molecule is Cc1cc(Oc2ccc(C(=N)/C(C(N)=O)=C(/N)NC3CCCN(C#N)C3)cc2)ccc1F. The number of halogens is 1. The molecule has 0 aliphatic carbocycles. The molecule has 1 amide bonds. The molecule has 3 rings (SSSR count). The van der Waals surface area contributed by atoms with Crippen LogP contribution in [0.2, 0.25) is 0 Å². The summed E-state index contributed by atoms with van der Waals surface area (Å²) in [5.41, 5.74) is 12.3. The maximum atomic E-state index is 13.4. The number of ether oxygens (including phenoxy) is 1. The Morgan fingerprint density at radius 3 is 2.56 bits per heavy atom. The van der Waals surface area contributed by atoms with E-state index >= 15 is 0 Å². The molecule has 1 fully saturated rings. The highest BCUT2D eigenvalue weighted by atomic mass is 19.1. The smallest absolute Gasteiger partial charge is 0.254 e. The van der Waals surface area contributed by atoms with Crippen molar-refractivity contribution in [1.29, 1.82) is 10.7 Å². The molecule has 1 aliphatic heterocycles. The number of carbonyl (C=O) groups is 1. The Balaban J connectivity index is 1.75. The molecule has 6 N–H and O–H groups in total. The highest BCUT2D eigenvalue weighted by Crippen LogP contribution is 2.24. The second-order valence-electron chi connectivity index (χ2n) is 7.59. The molecule has 8 nitrogen and oxygen atoms in total. The lowest BCUT2D eigenvalue weighted by molar-refractivity contribution is -0.114. The van der Waals surface area contributed by atoms with E-state index in [9.17, 15) is 9.18 Å². The second kappa shape index (κ2) is 9.83. The van der Waals surface area contributed by atoms with Crippen molar-refractivity contribution >= 4 is 11.6 Å². The molecule has 0 bridgehead atoms. The van der Waals surface area contributed by atoms with Crippen LogP contribution in [0.3, 0.4) is 0 Å². The summed E-state index contributed by atoms with van der Waals surface area (Å²) in [6.07, 6.45) is 3.71. The third kappa shape index (κ3) is 5.35. The zero-order valence-corrected chi connectivity index (χ0v) is 17.7. The van der Waals surface area contributed by atoms with Crippen molar-refractivity contribution in [1.82, 2.24) is 10.2 Å². The predicted octanol–water partition coefficient (Wildman–Crippen LogP) is 2.48. The van der Waals surface area contributed by atoms with Gasteiger partial charge in [0.2, 0.25) is 0 Å². The van der Waals surface area contributed by atoms with Crippen LogP contribution in [0, 0.1) is 29.6 Å². The quantitative estimate of drug-likeness (QED) is 0.298. The van der Waals surface area contributed by atoms with Gasteiger partial charge < -0.3 is 26.4 Å². The normalized spacial score (nSPS) is 16.5. The number of nitrogens with zero attached hydrogens (tertiary/aromatic N) is 2. The summed E-state index contributed by atoms with van der Waals surface area (Å²) in [7, 11) is 0. The topological polar surface area (TPSA) is 141 Å². The van der Waals surface area contributed by atoms with Gasteiger partial charge in [0.25, 0.3) is 5.91 Å². The van der Waals surface area contributed by atoms with Crippen molar-refractivity contribution < 1.29 is 13.9 Å². The molecule has 1 aliphatic rings. The van der Waals surface area contributed by atoms with E-state index in [1.165, 1.54) is 12.1 Å². The first-order chi connectivity index (χ1) is 15.3. The van der Waals surface area contributed by atoms with E-state index in [1.807, 2.05) is 0 Å². The van der Waals surface area contributed by atoms with Crippen LogP contribution in [0.25, 0.3) is 0 Å². The summed E-state index contributed by atoms with van der Waals surface area (Å²) in [5.74, 6) is -0.157. The van der Waals surface area contributed by atoms with Crippen LogP contribution in [0.15, 0.2) is 53.9 Å². The molecule has 1 heterocycles. The van der Waals surface area contributed by atoms with Crippen LogP contribution in [0.5, 0.6) is 11.5 Å². The number of primary amides is 1. The van der Waals surface area contributed by atoms with Crippen LogP contribution in [0.4, 0.5) is 4.39 Å². The Morgan fingerprint density at radius 1 is 1.25 bits per heavy atom. The Kier molecular flexibility index (Phi) is 6.95. The number of piperidine rings is 1. The van der Waals surface area contributed by atoms with Gasteiger partial charge in [0.1, 0.15) is 28.7 Å². The molecule has 32 heavy (non-hydrogen) atoms. The van der Waals surface area contributed by atoms with Gasteiger partial charge in [-0.3, -0.25) is 10.2 Å². The molecule has 9 heteroatoms. The first-order valence-electron chi connectivity index (χ1n) is 10.1. The molecule has 1 unspecified atom stereocenters. The van der Waals surface area contributed by atoms with Gasteiger partial charge in [-0.05, 0) is 67.8 Å². The average Bonchev–Trinajstić information content (AvgIpc) is 2.76. The van der Waals surface area contributed by atoms with E-state index in [4.69, 9.17) is 26.9 Å². The van der Waals surface area contributed by atoms with Crippen molar-refractivity contribution in [2.75, 3.05) is 13.1 Å². The van der Waals surface area contributed by atoms with Crippen molar-refractivity contribution in [2.24, 2.45) is 11.5 Å². The minimum atomic E-state index is -0.824. The molecular weight excluding hydrogens is 411 g/mol. The van der Waals surface area contributed by atoms with E-state index in [1.54, 1.807) is 42.2 Å². The highest BCUT2D eigenvalue weighted by Gasteiger charge is 2.23. The standard InChI is InChI=1S/C23H25FN6O2/c1-14-11-18(8-9-19(14)24)32-17-6-4-15(5-7-17)21(26)20(23(28)31)22(27)29-16-3-2-10-30(12-16)13-25/h4-9,11,16,26,29H,2-3,10,12,27H2,1H3,(H2,28,31)/b22-20+,26-21?. The fourth-order valence-corrected chi connectivity index (χ4v) is 3.52. The summed E-state index contributed by atoms with van der Waals surface area (Å²) in [5, 5.41) is 20.6. The predicted molar refractivity (Wildman–Crippen MR) is 118 cm³/mol. The summed E-state index contributed by atoms with van der Waals surface area (Å²) in [6.45, 7) is 2.79. The number of nitriles is 1. The van der Waals surface area contributed by atoms with Crippen molar-refractivity contribution in [2.45, 2.75) is 25.8 Å². The maximum Gasteiger partial charge on any atom is 0.254 e. The average molecular weight is 436 g/mol. The number of likely N-dealkylation sites (tertiary alicyclic amines) is 1. The number of rotatable bonds is 7. The highest BCUT2D eigenvalue weighted by molar-refractivity contribution is 6.26. The number of nitrogens with two attached hydrogens (primary N) is 2. The van der Waals surface area contributed by atoms with E-state index in [-0.39, 0.29) is 29.0 Å². The van der Waals surface area contributed by atoms with E-state index in [0.717, 1.165) is 12.8 Å². The largest absolute Gasteiger partial charge is 0.457 e. The number of carbonyl (C=O) groups excluding carboxylic acids is 1. The fraction of sp³-hybridized carbons (Fsp3) is 0.261. The van der Waals surface area contributed by atoms with E-state index in [2.05, 4.69) is 11.5 Å². The van der Waals surface area contributed by atoms with E-state index in [0.29, 0.717) is 35.7 Å². The minimum Gasteiger partial charge on any atom is -0.457 e. The summed E-state index contributed by atoms with van der Waals surface area (Å²) < 4.78 is 19.1. The van der Waals surface area contributed by atoms with Gasteiger partial charge in [0.15, 0.2) is 6.19 Å². The van der Waals surface area contributed by atoms with Gasteiger partial charge in [-0.25, -0.2) is 4.39 Å². The van der Waals surface area contributed by atoms with E-state index < -0.39 is 5.91 Å². The molecule has 2 aromatic carbocycles. The molecular formula is C23H25FN6O2. The van der Waals surface area contributed by atoms with Crippen LogP contribution < -0.4 is 21.5 Å². The number of hydrogen-bond acceptors (Lipinski definition) is 7. The van der Waals surface area contributed by atoms with Crippen molar-refractivity contribution in [3.63, 3.8) is 0 Å². The van der Waals surface area contributed by atoms with Crippen LogP contribution in [0.1, 0.15) is 24.0 Å². The van der Waals surface area contributed by atoms with Gasteiger partial charge in [0, 0.05) is 24.7 Å². The lowest BCUT2D eigenvalue weighted by Crippen LogP contribution is -2.46. The number of amides is 1. The van der Waals surface area contributed by atoms with Gasteiger partial charge in [0.05, 0.1) is 5.71 Å². The number of nitrogens with one attached hydrogen (secondary N) is 2. The first-order valence-corrected chi connectivity index (χ1v) is 10.1. The fourth-order valence-electron chi connectivity index (χ4n) is 3.52. The first kappa shape index (κ1) is 22.6. The molecule has 2 aromatic rings.